The number of hydrogen-bond acceptors (Lipinski definition) is 2. The normalized spacial score (nSPS) is 16.2. The molecule has 116 valence electrons. The van der Waals surface area contributed by atoms with Crippen LogP contribution in [-0.4, -0.2) is 34.6 Å². The number of hydrogen-bond donors (Lipinski definition) is 0. The zero-order valence-corrected chi connectivity index (χ0v) is 12.0. The summed E-state index contributed by atoms with van der Waals surface area (Å²) in [6.07, 6.45) is 1.32. The third-order valence-corrected chi connectivity index (χ3v) is 3.78. The fourth-order valence-electron chi connectivity index (χ4n) is 2.75. The minimum Gasteiger partial charge on any atom is -0.335 e. The van der Waals surface area contributed by atoms with Gasteiger partial charge in [0.2, 0.25) is 0 Å². The van der Waals surface area contributed by atoms with Crippen molar-refractivity contribution in [3.63, 3.8) is 0 Å². The lowest BCUT2D eigenvalue weighted by Gasteiger charge is -2.29. The average molecular weight is 300 g/mol. The highest BCUT2D eigenvalue weighted by atomic mass is 19.4. The van der Waals surface area contributed by atoms with Crippen LogP contribution >= 0.6 is 0 Å². The Morgan fingerprint density at radius 2 is 2.00 bits per heavy atom. The lowest BCUT2D eigenvalue weighted by molar-refractivity contribution is -0.137. The van der Waals surface area contributed by atoms with Crippen molar-refractivity contribution in [1.29, 1.82) is 0 Å². The highest BCUT2D eigenvalue weighted by molar-refractivity contribution is 5.94. The van der Waals surface area contributed by atoms with E-state index in [1.54, 1.807) is 19.2 Å². The summed E-state index contributed by atoms with van der Waals surface area (Å²) in [6.45, 7) is 1.53. The summed E-state index contributed by atoms with van der Waals surface area (Å²) in [5.41, 5.74) is 1.19. The van der Waals surface area contributed by atoms with Gasteiger partial charge in [0.15, 0.2) is 0 Å². The molecule has 0 N–H and O–H groups in total. The van der Waals surface area contributed by atoms with Crippen LogP contribution in [0.2, 0.25) is 0 Å². The number of carbonyl (C=O) groups excluding carboxylic acids is 1. The molecule has 21 heavy (non-hydrogen) atoms. The van der Waals surface area contributed by atoms with Crippen LogP contribution in [0.15, 0.2) is 18.5 Å². The largest absolute Gasteiger partial charge is 0.390 e. The number of halogens is 3. The molecule has 0 spiro atoms. The maximum Gasteiger partial charge on any atom is 0.390 e. The van der Waals surface area contributed by atoms with E-state index in [9.17, 15) is 18.0 Å². The van der Waals surface area contributed by atoms with Crippen LogP contribution in [0.1, 0.15) is 48.0 Å². The lowest BCUT2D eigenvalue weighted by atomic mass is 10.1. The van der Waals surface area contributed by atoms with Gasteiger partial charge in [0.1, 0.15) is 0 Å². The highest BCUT2D eigenvalue weighted by Crippen LogP contribution is 2.27. The quantitative estimate of drug-likeness (QED) is 0.849. The first-order valence-corrected chi connectivity index (χ1v) is 7.16. The van der Waals surface area contributed by atoms with Gasteiger partial charge < -0.3 is 4.90 Å². The summed E-state index contributed by atoms with van der Waals surface area (Å²) >= 11 is 0. The summed E-state index contributed by atoms with van der Waals surface area (Å²) in [5.74, 6) is -0.345. The molecule has 0 radical (unpaired) electrons. The van der Waals surface area contributed by atoms with Gasteiger partial charge in [-0.15, -0.1) is 0 Å². The van der Waals surface area contributed by atoms with E-state index < -0.39 is 12.6 Å². The van der Waals surface area contributed by atoms with Crippen molar-refractivity contribution in [3.8, 4) is 0 Å². The van der Waals surface area contributed by atoms with Crippen molar-refractivity contribution in [1.82, 2.24) is 9.88 Å². The molecule has 0 saturated heterocycles. The molecule has 1 aromatic rings. The second-order valence-electron chi connectivity index (χ2n) is 5.55. The maximum atomic E-state index is 12.5. The lowest BCUT2D eigenvalue weighted by Crippen LogP contribution is -2.41. The Hall–Kier alpha value is -1.59. The monoisotopic (exact) mass is 300 g/mol. The molecule has 6 heteroatoms. The van der Waals surface area contributed by atoms with Gasteiger partial charge in [0.05, 0.1) is 12.0 Å². The smallest absolute Gasteiger partial charge is 0.335 e. The van der Waals surface area contributed by atoms with Crippen molar-refractivity contribution in [3.05, 3.63) is 29.6 Å². The Kier molecular flexibility index (Phi) is 4.85. The predicted molar refractivity (Wildman–Crippen MR) is 72.9 cm³/mol. The van der Waals surface area contributed by atoms with Crippen LogP contribution in [-0.2, 0) is 0 Å². The molecule has 0 aliphatic heterocycles. The molecular formula is C15H19F3N2O. The number of nitrogens with zero attached hydrogens (tertiary/aromatic N) is 2. The molecule has 1 amide bonds. The summed E-state index contributed by atoms with van der Waals surface area (Å²) in [6, 6.07) is 1.59. The molecule has 1 aliphatic carbocycles. The van der Waals surface area contributed by atoms with Crippen molar-refractivity contribution in [2.24, 2.45) is 0 Å². The maximum absolute atomic E-state index is 12.5. The number of alkyl halides is 3. The minimum absolute atomic E-state index is 0.0830. The van der Waals surface area contributed by atoms with Crippen LogP contribution in [0.4, 0.5) is 13.2 Å². The molecule has 0 aromatic carbocycles. The Morgan fingerprint density at radius 1 is 1.33 bits per heavy atom. The van der Waals surface area contributed by atoms with E-state index in [0.717, 1.165) is 31.2 Å². The van der Waals surface area contributed by atoms with Gasteiger partial charge >= 0.3 is 6.18 Å². The first kappa shape index (κ1) is 15.8. The van der Waals surface area contributed by atoms with Gasteiger partial charge in [-0.25, -0.2) is 0 Å². The van der Waals surface area contributed by atoms with Crippen molar-refractivity contribution in [2.45, 2.75) is 51.2 Å². The molecular weight excluding hydrogens is 281 g/mol. The van der Waals surface area contributed by atoms with E-state index in [1.165, 1.54) is 11.1 Å². The number of amides is 1. The van der Waals surface area contributed by atoms with E-state index in [2.05, 4.69) is 4.98 Å². The third kappa shape index (κ3) is 4.44. The molecule has 0 atom stereocenters. The second kappa shape index (κ2) is 6.45. The molecule has 1 aliphatic rings. The molecule has 0 unspecified atom stereocenters. The third-order valence-electron chi connectivity index (χ3n) is 3.78. The molecule has 1 heterocycles. The number of pyridine rings is 1. The molecule has 1 fully saturated rings. The van der Waals surface area contributed by atoms with Crippen LogP contribution in [0.5, 0.6) is 0 Å². The van der Waals surface area contributed by atoms with Crippen LogP contribution in [0.3, 0.4) is 0 Å². The number of rotatable bonds is 4. The van der Waals surface area contributed by atoms with E-state index in [1.807, 2.05) is 0 Å². The van der Waals surface area contributed by atoms with E-state index >= 15 is 0 Å². The van der Waals surface area contributed by atoms with E-state index in [4.69, 9.17) is 0 Å². The van der Waals surface area contributed by atoms with Gasteiger partial charge in [-0.1, -0.05) is 12.8 Å². The standard InChI is InChI=1S/C15H19F3N2O/c1-11-8-12(10-19-9-11)14(21)20(7-6-15(16,17)18)13-4-2-3-5-13/h8-10,13H,2-7H2,1H3. The Bertz CT molecular complexity index is 496. The average Bonchev–Trinajstić information content (AvgIpc) is 2.91. The van der Waals surface area contributed by atoms with Crippen LogP contribution < -0.4 is 0 Å². The van der Waals surface area contributed by atoms with Gasteiger partial charge in [0.25, 0.3) is 5.91 Å². The fraction of sp³-hybridized carbons (Fsp3) is 0.600. The summed E-state index contributed by atoms with van der Waals surface area (Å²) in [4.78, 5) is 17.9. The first-order valence-electron chi connectivity index (χ1n) is 7.16. The van der Waals surface area contributed by atoms with Crippen LogP contribution in [0.25, 0.3) is 0 Å². The van der Waals surface area contributed by atoms with Crippen molar-refractivity contribution in [2.75, 3.05) is 6.54 Å². The van der Waals surface area contributed by atoms with E-state index in [-0.39, 0.29) is 18.5 Å². The Labute approximate surface area is 122 Å². The zero-order valence-electron chi connectivity index (χ0n) is 12.0. The Balaban J connectivity index is 2.15. The van der Waals surface area contributed by atoms with E-state index in [0.29, 0.717) is 5.56 Å². The number of aryl methyl sites for hydroxylation is 1. The van der Waals surface area contributed by atoms with Crippen molar-refractivity contribution >= 4 is 5.91 Å². The minimum atomic E-state index is -4.25. The molecule has 3 nitrogen and oxygen atoms in total. The van der Waals surface area contributed by atoms with Crippen LogP contribution in [0, 0.1) is 6.92 Å². The topological polar surface area (TPSA) is 33.2 Å². The van der Waals surface area contributed by atoms with Gasteiger partial charge in [-0.2, -0.15) is 13.2 Å². The fourth-order valence-corrected chi connectivity index (χ4v) is 2.75. The van der Waals surface area contributed by atoms with Gasteiger partial charge in [-0.3, -0.25) is 9.78 Å². The second-order valence-corrected chi connectivity index (χ2v) is 5.55. The molecule has 1 aromatic heterocycles. The SMILES string of the molecule is Cc1cncc(C(=O)N(CCC(F)(F)F)C2CCCC2)c1. The summed E-state index contributed by atoms with van der Waals surface area (Å²) in [5, 5.41) is 0. The summed E-state index contributed by atoms with van der Waals surface area (Å²) < 4.78 is 37.4. The molecule has 0 bridgehead atoms. The predicted octanol–water partition coefficient (Wildman–Crippen LogP) is 3.73. The molecule has 2 rings (SSSR count). The zero-order chi connectivity index (χ0) is 15.5. The Morgan fingerprint density at radius 3 is 2.57 bits per heavy atom. The number of carbonyl (C=O) groups is 1. The van der Waals surface area contributed by atoms with Gasteiger partial charge in [0, 0.05) is 25.0 Å². The van der Waals surface area contributed by atoms with Crippen molar-refractivity contribution < 1.29 is 18.0 Å². The molecule has 1 saturated carbocycles. The summed E-state index contributed by atoms with van der Waals surface area (Å²) in [7, 11) is 0. The van der Waals surface area contributed by atoms with Gasteiger partial charge in [-0.05, 0) is 31.4 Å². The first-order chi connectivity index (χ1) is 9.87. The number of aromatic nitrogens is 1. The highest BCUT2D eigenvalue weighted by Gasteiger charge is 2.33.